The molecule has 2 aliphatic heterocycles. The number of likely N-dealkylation sites (tertiary alicyclic amines) is 1. The molecule has 0 spiro atoms. The molecular weight excluding hydrogens is 486 g/mol. The molecule has 3 aromatic rings. The Kier molecular flexibility index (Phi) is 6.96. The van der Waals surface area contributed by atoms with Crippen LogP contribution in [0.1, 0.15) is 29.7 Å². The van der Waals surface area contributed by atoms with Gasteiger partial charge in [-0.05, 0) is 72.6 Å². The zero-order valence-corrected chi connectivity index (χ0v) is 21.5. The number of carbonyl (C=O) groups is 2. The number of rotatable bonds is 8. The maximum Gasteiger partial charge on any atom is 0.295 e. The Morgan fingerprint density at radius 2 is 1.71 bits per heavy atom. The number of fused-ring (bicyclic) bond motifs is 1. The van der Waals surface area contributed by atoms with Crippen molar-refractivity contribution in [1.29, 1.82) is 0 Å². The van der Waals surface area contributed by atoms with Gasteiger partial charge in [-0.3, -0.25) is 9.59 Å². The highest BCUT2D eigenvalue weighted by Crippen LogP contribution is 2.41. The van der Waals surface area contributed by atoms with Gasteiger partial charge in [-0.2, -0.15) is 0 Å². The molecule has 1 fully saturated rings. The fourth-order valence-electron chi connectivity index (χ4n) is 4.93. The number of nitrogens with zero attached hydrogens (tertiary/aromatic N) is 1. The number of hydrogen-bond acceptors (Lipinski definition) is 7. The molecule has 2 heterocycles. The zero-order valence-electron chi connectivity index (χ0n) is 21.5. The number of ketones is 1. The third-order valence-electron chi connectivity index (χ3n) is 6.78. The lowest BCUT2D eigenvalue weighted by Crippen LogP contribution is -2.33. The molecule has 2 atom stereocenters. The molecule has 1 saturated heterocycles. The van der Waals surface area contributed by atoms with Crippen LogP contribution in [0.5, 0.6) is 23.0 Å². The maximum absolute atomic E-state index is 13.3. The fraction of sp³-hybridized carbons (Fsp3) is 0.267. The van der Waals surface area contributed by atoms with E-state index in [1.54, 1.807) is 68.8 Å². The topological polar surface area (TPSA) is 94.5 Å². The molecule has 0 bridgehead atoms. The molecule has 0 aliphatic carbocycles. The maximum atomic E-state index is 13.3. The first-order valence-electron chi connectivity index (χ1n) is 12.4. The predicted octanol–water partition coefficient (Wildman–Crippen LogP) is 4.53. The van der Waals surface area contributed by atoms with Crippen molar-refractivity contribution in [2.24, 2.45) is 0 Å². The van der Waals surface area contributed by atoms with E-state index in [-0.39, 0.29) is 30.6 Å². The molecule has 0 aromatic heterocycles. The first-order valence-corrected chi connectivity index (χ1v) is 12.4. The van der Waals surface area contributed by atoms with E-state index in [0.29, 0.717) is 34.8 Å². The van der Waals surface area contributed by atoms with Crippen molar-refractivity contribution in [1.82, 2.24) is 4.90 Å². The fourth-order valence-corrected chi connectivity index (χ4v) is 4.93. The lowest BCUT2D eigenvalue weighted by Gasteiger charge is -2.25. The van der Waals surface area contributed by atoms with E-state index in [1.165, 1.54) is 4.90 Å². The summed E-state index contributed by atoms with van der Waals surface area (Å²) in [6.45, 7) is 2.25. The number of aliphatic hydroxyl groups is 1. The van der Waals surface area contributed by atoms with Crippen LogP contribution in [-0.2, 0) is 16.0 Å². The Hall–Kier alpha value is -4.46. The standard InChI is InChI=1S/C30H29NO7/c1-18-15-21-16-20(7-12-25(21)38-18)28(32)26-27(19-5-4-6-24(17-19)36-3)31(30(34)29(26)33)13-14-37-23-10-8-22(35-2)9-11-23/h4-12,16-18,27,32H,13-15H2,1-3H3/b28-26-. The third-order valence-corrected chi connectivity index (χ3v) is 6.78. The monoisotopic (exact) mass is 515 g/mol. The molecule has 0 radical (unpaired) electrons. The summed E-state index contributed by atoms with van der Waals surface area (Å²) in [7, 11) is 3.13. The number of carbonyl (C=O) groups excluding carboxylic acids is 2. The predicted molar refractivity (Wildman–Crippen MR) is 141 cm³/mol. The molecule has 1 N–H and O–H groups in total. The van der Waals surface area contributed by atoms with Gasteiger partial charge < -0.3 is 29.0 Å². The summed E-state index contributed by atoms with van der Waals surface area (Å²) in [5.41, 5.74) is 2.08. The van der Waals surface area contributed by atoms with Crippen molar-refractivity contribution >= 4 is 17.4 Å². The second-order valence-corrected chi connectivity index (χ2v) is 9.25. The SMILES string of the molecule is COc1ccc(OCCN2C(=O)C(=O)/C(=C(\O)c3ccc4c(c3)CC(C)O4)C2c2cccc(OC)c2)cc1. The van der Waals surface area contributed by atoms with Crippen LogP contribution in [-0.4, -0.2) is 55.2 Å². The van der Waals surface area contributed by atoms with Crippen LogP contribution < -0.4 is 18.9 Å². The Morgan fingerprint density at radius 3 is 2.45 bits per heavy atom. The minimum absolute atomic E-state index is 0.0274. The average molecular weight is 516 g/mol. The quantitative estimate of drug-likeness (QED) is 0.268. The van der Waals surface area contributed by atoms with Gasteiger partial charge in [0.15, 0.2) is 0 Å². The molecule has 38 heavy (non-hydrogen) atoms. The number of methoxy groups -OCH3 is 2. The Balaban J connectivity index is 1.49. The van der Waals surface area contributed by atoms with Crippen molar-refractivity contribution < 1.29 is 33.6 Å². The summed E-state index contributed by atoms with van der Waals surface area (Å²) in [5.74, 6) is 0.974. The van der Waals surface area contributed by atoms with Gasteiger partial charge in [-0.1, -0.05) is 12.1 Å². The molecule has 1 amide bonds. The van der Waals surface area contributed by atoms with Gasteiger partial charge in [0.05, 0.1) is 32.4 Å². The molecule has 5 rings (SSSR count). The molecular formula is C30H29NO7. The second-order valence-electron chi connectivity index (χ2n) is 9.25. The number of amides is 1. The van der Waals surface area contributed by atoms with Gasteiger partial charge in [0.2, 0.25) is 0 Å². The largest absolute Gasteiger partial charge is 0.507 e. The lowest BCUT2D eigenvalue weighted by molar-refractivity contribution is -0.140. The minimum atomic E-state index is -0.812. The van der Waals surface area contributed by atoms with E-state index in [9.17, 15) is 14.7 Å². The van der Waals surface area contributed by atoms with Crippen molar-refractivity contribution in [3.63, 3.8) is 0 Å². The van der Waals surface area contributed by atoms with Crippen LogP contribution in [0, 0.1) is 0 Å². The number of Topliss-reactive ketones (excluding diaryl/α,β-unsaturated/α-hetero) is 1. The van der Waals surface area contributed by atoms with E-state index in [2.05, 4.69) is 0 Å². The van der Waals surface area contributed by atoms with E-state index in [4.69, 9.17) is 18.9 Å². The first kappa shape index (κ1) is 25.2. The van der Waals surface area contributed by atoms with Crippen molar-refractivity contribution in [2.45, 2.75) is 25.5 Å². The van der Waals surface area contributed by atoms with E-state index in [0.717, 1.165) is 11.3 Å². The molecule has 196 valence electrons. The average Bonchev–Trinajstić information content (AvgIpc) is 3.44. The highest BCUT2D eigenvalue weighted by Gasteiger charge is 2.46. The van der Waals surface area contributed by atoms with E-state index < -0.39 is 17.7 Å². The van der Waals surface area contributed by atoms with Crippen LogP contribution in [0.4, 0.5) is 0 Å². The summed E-state index contributed by atoms with van der Waals surface area (Å²) in [5, 5.41) is 11.4. The normalized spacial score (nSPS) is 19.7. The smallest absolute Gasteiger partial charge is 0.295 e. The molecule has 8 heteroatoms. The number of benzene rings is 3. The Morgan fingerprint density at radius 1 is 0.974 bits per heavy atom. The summed E-state index contributed by atoms with van der Waals surface area (Å²) in [6.07, 6.45) is 0.739. The summed E-state index contributed by atoms with van der Waals surface area (Å²) >= 11 is 0. The van der Waals surface area contributed by atoms with Crippen molar-refractivity contribution in [3.8, 4) is 23.0 Å². The molecule has 8 nitrogen and oxygen atoms in total. The third kappa shape index (κ3) is 4.77. The van der Waals surface area contributed by atoms with Gasteiger partial charge in [0.25, 0.3) is 11.7 Å². The van der Waals surface area contributed by atoms with Crippen LogP contribution in [0.25, 0.3) is 5.76 Å². The summed E-state index contributed by atoms with van der Waals surface area (Å²) < 4.78 is 22.2. The molecule has 0 saturated carbocycles. The van der Waals surface area contributed by atoms with Gasteiger partial charge in [0.1, 0.15) is 41.5 Å². The summed E-state index contributed by atoms with van der Waals surface area (Å²) in [4.78, 5) is 28.0. The number of hydrogen-bond donors (Lipinski definition) is 1. The van der Waals surface area contributed by atoms with Crippen molar-refractivity contribution in [2.75, 3.05) is 27.4 Å². The van der Waals surface area contributed by atoms with E-state index in [1.807, 2.05) is 19.1 Å². The van der Waals surface area contributed by atoms with Crippen LogP contribution >= 0.6 is 0 Å². The van der Waals surface area contributed by atoms with Crippen LogP contribution in [0.3, 0.4) is 0 Å². The van der Waals surface area contributed by atoms with Crippen molar-refractivity contribution in [3.05, 3.63) is 89.0 Å². The molecule has 2 unspecified atom stereocenters. The van der Waals surface area contributed by atoms with Gasteiger partial charge in [-0.25, -0.2) is 0 Å². The Bertz CT molecular complexity index is 1400. The van der Waals surface area contributed by atoms with Crippen LogP contribution in [0.15, 0.2) is 72.3 Å². The molecule has 2 aliphatic rings. The highest BCUT2D eigenvalue weighted by molar-refractivity contribution is 6.46. The van der Waals surface area contributed by atoms with Gasteiger partial charge in [0, 0.05) is 12.0 Å². The number of aliphatic hydroxyl groups excluding tert-OH is 1. The molecule has 3 aromatic carbocycles. The highest BCUT2D eigenvalue weighted by atomic mass is 16.5. The lowest BCUT2D eigenvalue weighted by atomic mass is 9.94. The minimum Gasteiger partial charge on any atom is -0.507 e. The zero-order chi connectivity index (χ0) is 26.8. The first-order chi connectivity index (χ1) is 18.4. The summed E-state index contributed by atoms with van der Waals surface area (Å²) in [6, 6.07) is 18.7. The van der Waals surface area contributed by atoms with E-state index >= 15 is 0 Å². The van der Waals surface area contributed by atoms with Crippen LogP contribution in [0.2, 0.25) is 0 Å². The second kappa shape index (κ2) is 10.5. The van der Waals surface area contributed by atoms with Gasteiger partial charge >= 0.3 is 0 Å². The number of ether oxygens (including phenoxy) is 4. The Labute approximate surface area is 221 Å². The van der Waals surface area contributed by atoms with Gasteiger partial charge in [-0.15, -0.1) is 0 Å².